The van der Waals surface area contributed by atoms with Gasteiger partial charge in [0.1, 0.15) is 23.5 Å². The summed E-state index contributed by atoms with van der Waals surface area (Å²) in [7, 11) is -3.77. The highest BCUT2D eigenvalue weighted by Gasteiger charge is 2.50. The molecule has 3 aromatic carbocycles. The molecule has 0 aromatic heterocycles. The van der Waals surface area contributed by atoms with Crippen LogP contribution in [0.25, 0.3) is 0 Å². The zero-order valence-electron chi connectivity index (χ0n) is 22.3. The van der Waals surface area contributed by atoms with E-state index in [4.69, 9.17) is 14.6 Å². The Balaban J connectivity index is 1.57. The average Bonchev–Trinajstić information content (AvgIpc) is 3.32. The van der Waals surface area contributed by atoms with Gasteiger partial charge in [-0.3, -0.25) is 10.2 Å². The highest BCUT2D eigenvalue weighted by Crippen LogP contribution is 2.33. The third-order valence-corrected chi connectivity index (χ3v) is 8.40. The van der Waals surface area contributed by atoms with E-state index in [1.54, 1.807) is 49.4 Å². The first-order valence-electron chi connectivity index (χ1n) is 13.0. The molecule has 0 saturated carbocycles. The number of amides is 1. The van der Waals surface area contributed by atoms with Gasteiger partial charge < -0.3 is 14.6 Å². The van der Waals surface area contributed by atoms with E-state index < -0.39 is 44.8 Å². The maximum Gasteiger partial charge on any atom is 0.266 e. The molecule has 0 aliphatic carbocycles. The van der Waals surface area contributed by atoms with Gasteiger partial charge in [0.25, 0.3) is 5.91 Å². The molecule has 0 unspecified atom stereocenters. The molecule has 9 nitrogen and oxygen atoms in total. The molecular formula is C29H31F2N3O6S. The first kappa shape index (κ1) is 30.1. The number of rotatable bonds is 13. The zero-order chi connectivity index (χ0) is 29.5. The Hall–Kier alpha value is -3.87. The van der Waals surface area contributed by atoms with E-state index in [-0.39, 0.29) is 35.9 Å². The van der Waals surface area contributed by atoms with Crippen LogP contribution >= 0.6 is 0 Å². The van der Waals surface area contributed by atoms with Gasteiger partial charge in [0.2, 0.25) is 5.90 Å². The van der Waals surface area contributed by atoms with Crippen LogP contribution < -0.4 is 15.6 Å². The van der Waals surface area contributed by atoms with Crippen LogP contribution in [0, 0.1) is 11.6 Å². The van der Waals surface area contributed by atoms with Crippen LogP contribution in [0.4, 0.5) is 8.78 Å². The molecule has 0 spiro atoms. The van der Waals surface area contributed by atoms with Gasteiger partial charge in [-0.25, -0.2) is 27.6 Å². The fourth-order valence-corrected chi connectivity index (χ4v) is 5.68. The van der Waals surface area contributed by atoms with Crippen molar-refractivity contribution in [3.05, 3.63) is 95.6 Å². The first-order chi connectivity index (χ1) is 19.6. The molecule has 2 atom stereocenters. The first-order valence-corrected chi connectivity index (χ1v) is 14.7. The number of hydrogen-bond donors (Lipinski definition) is 3. The Morgan fingerprint density at radius 2 is 1.83 bits per heavy atom. The summed E-state index contributed by atoms with van der Waals surface area (Å²) in [5, 5.41) is 8.93. The molecule has 3 aromatic rings. The van der Waals surface area contributed by atoms with Gasteiger partial charge in [0.15, 0.2) is 15.4 Å². The number of ether oxygens (including phenoxy) is 2. The summed E-state index contributed by atoms with van der Waals surface area (Å²) in [6, 6.07) is 17.6. The van der Waals surface area contributed by atoms with Crippen LogP contribution in [-0.2, 0) is 25.9 Å². The number of aliphatic hydroxyl groups is 1. The third-order valence-electron chi connectivity index (χ3n) is 6.67. The second-order valence-corrected chi connectivity index (χ2v) is 11.6. The van der Waals surface area contributed by atoms with Crippen molar-refractivity contribution in [2.45, 2.75) is 42.8 Å². The lowest BCUT2D eigenvalue weighted by molar-refractivity contribution is -0.129. The molecule has 3 N–H and O–H groups in total. The number of halogens is 2. The van der Waals surface area contributed by atoms with Crippen molar-refractivity contribution in [2.24, 2.45) is 4.99 Å². The minimum atomic E-state index is -3.77. The van der Waals surface area contributed by atoms with E-state index in [1.165, 1.54) is 12.1 Å². The smallest absolute Gasteiger partial charge is 0.266 e. The van der Waals surface area contributed by atoms with E-state index in [2.05, 4.69) is 15.8 Å². The number of benzene rings is 3. The molecule has 1 aliphatic heterocycles. The van der Waals surface area contributed by atoms with E-state index in [0.717, 1.165) is 18.2 Å². The third kappa shape index (κ3) is 7.26. The van der Waals surface area contributed by atoms with Crippen LogP contribution in [0.3, 0.4) is 0 Å². The molecule has 1 aliphatic rings. The lowest BCUT2D eigenvalue weighted by atomic mass is 9.90. The van der Waals surface area contributed by atoms with Crippen LogP contribution in [0.1, 0.15) is 30.9 Å². The van der Waals surface area contributed by atoms with Gasteiger partial charge in [0.05, 0.1) is 17.3 Å². The number of carbonyl (C=O) groups is 1. The van der Waals surface area contributed by atoms with Crippen molar-refractivity contribution in [1.82, 2.24) is 10.9 Å². The van der Waals surface area contributed by atoms with Crippen molar-refractivity contribution >= 4 is 21.6 Å². The lowest BCUT2D eigenvalue weighted by Crippen LogP contribution is -2.55. The number of nitrogens with zero attached hydrogens (tertiary/aromatic N) is 1. The van der Waals surface area contributed by atoms with Crippen LogP contribution in [0.5, 0.6) is 5.75 Å². The van der Waals surface area contributed by atoms with Gasteiger partial charge in [-0.2, -0.15) is 0 Å². The molecule has 4 rings (SSSR count). The van der Waals surface area contributed by atoms with Gasteiger partial charge >= 0.3 is 0 Å². The Bertz CT molecular complexity index is 1490. The number of hydrazine groups is 1. The molecule has 0 saturated heterocycles. The van der Waals surface area contributed by atoms with Crippen molar-refractivity contribution in [2.75, 3.05) is 19.0 Å². The summed E-state index contributed by atoms with van der Waals surface area (Å²) in [4.78, 5) is 18.3. The van der Waals surface area contributed by atoms with Gasteiger partial charge in [-0.05, 0) is 67.9 Å². The SMILES string of the molecule is C[C@@H]1OC(c2ccc(OCCCO)cc2)=N[C@]1(CCS(=O)(=O)c1ccccc1)C(=O)NNCc1cc(F)ccc1F. The Kier molecular flexibility index (Phi) is 9.69. The summed E-state index contributed by atoms with van der Waals surface area (Å²) in [6.07, 6.45) is -0.589. The van der Waals surface area contributed by atoms with E-state index >= 15 is 0 Å². The van der Waals surface area contributed by atoms with Gasteiger partial charge in [0, 0.05) is 30.7 Å². The summed E-state index contributed by atoms with van der Waals surface area (Å²) in [6.45, 7) is 1.74. The monoisotopic (exact) mass is 587 g/mol. The number of sulfone groups is 1. The summed E-state index contributed by atoms with van der Waals surface area (Å²) < 4.78 is 65.3. The topological polar surface area (TPSA) is 126 Å². The predicted octanol–water partition coefficient (Wildman–Crippen LogP) is 3.32. The Labute approximate surface area is 237 Å². The minimum absolute atomic E-state index is 0.00721. The van der Waals surface area contributed by atoms with E-state index in [1.807, 2.05) is 0 Å². The lowest BCUT2D eigenvalue weighted by Gasteiger charge is -2.28. The standard InChI is InChI=1S/C29H31F2N3O6S/c1-20-29(14-17-41(37,38)25-6-3-2-4-7-25,28(36)34-32-19-22-18-23(30)10-13-26(22)31)33-27(40-20)21-8-11-24(12-9-21)39-16-5-15-35/h2-4,6-13,18,20,32,35H,5,14-17,19H2,1H3,(H,34,36)/t20-,29-/m0/s1. The van der Waals surface area contributed by atoms with Crippen LogP contribution in [0.2, 0.25) is 0 Å². The molecule has 41 heavy (non-hydrogen) atoms. The highest BCUT2D eigenvalue weighted by atomic mass is 32.2. The quantitative estimate of drug-likeness (QED) is 0.207. The van der Waals surface area contributed by atoms with Crippen molar-refractivity contribution < 1.29 is 36.6 Å². The predicted molar refractivity (Wildman–Crippen MR) is 148 cm³/mol. The Morgan fingerprint density at radius 3 is 2.54 bits per heavy atom. The normalized spacial score (nSPS) is 18.4. The van der Waals surface area contributed by atoms with E-state index in [0.29, 0.717) is 24.3 Å². The van der Waals surface area contributed by atoms with Gasteiger partial charge in [-0.1, -0.05) is 18.2 Å². The van der Waals surface area contributed by atoms with E-state index in [9.17, 15) is 22.0 Å². The second kappa shape index (κ2) is 13.2. The van der Waals surface area contributed by atoms with Crippen molar-refractivity contribution in [1.29, 1.82) is 0 Å². The molecule has 0 fully saturated rings. The molecule has 1 heterocycles. The molecule has 0 radical (unpaired) electrons. The van der Waals surface area contributed by atoms with Crippen LogP contribution in [-0.4, -0.2) is 55.9 Å². The minimum Gasteiger partial charge on any atom is -0.494 e. The fraction of sp³-hybridized carbons (Fsp3) is 0.310. The Morgan fingerprint density at radius 1 is 1.10 bits per heavy atom. The maximum atomic E-state index is 14.1. The summed E-state index contributed by atoms with van der Waals surface area (Å²) in [5.74, 6) is -1.66. The largest absolute Gasteiger partial charge is 0.494 e. The highest BCUT2D eigenvalue weighted by molar-refractivity contribution is 7.91. The van der Waals surface area contributed by atoms with Crippen molar-refractivity contribution in [3.63, 3.8) is 0 Å². The fourth-order valence-electron chi connectivity index (χ4n) is 4.29. The molecule has 0 bridgehead atoms. The molecule has 218 valence electrons. The van der Waals surface area contributed by atoms with Gasteiger partial charge in [-0.15, -0.1) is 0 Å². The number of aliphatic hydroxyl groups excluding tert-OH is 1. The number of aliphatic imine (C=N–C) groups is 1. The molecule has 1 amide bonds. The summed E-state index contributed by atoms with van der Waals surface area (Å²) in [5.41, 5.74) is 3.95. The summed E-state index contributed by atoms with van der Waals surface area (Å²) >= 11 is 0. The number of nitrogens with one attached hydrogen (secondary N) is 2. The van der Waals surface area contributed by atoms with Crippen LogP contribution in [0.15, 0.2) is 82.7 Å². The van der Waals surface area contributed by atoms with Crippen molar-refractivity contribution in [3.8, 4) is 5.75 Å². The number of carbonyl (C=O) groups excluding carboxylic acids is 1. The second-order valence-electron chi connectivity index (χ2n) is 9.48. The number of hydrogen-bond acceptors (Lipinski definition) is 8. The zero-order valence-corrected chi connectivity index (χ0v) is 23.2. The molecular weight excluding hydrogens is 556 g/mol. The average molecular weight is 588 g/mol. The molecule has 12 heteroatoms. The maximum absolute atomic E-state index is 14.1.